The number of halogens is 3. The summed E-state index contributed by atoms with van der Waals surface area (Å²) in [7, 11) is 0. The largest absolute Gasteiger partial charge is 0.416 e. The molecule has 3 rings (SSSR count). The molecule has 0 atom stereocenters. The Balaban J connectivity index is 1.69. The molecule has 2 aromatic rings. The molecule has 7 heteroatoms. The number of fused-ring (bicyclic) bond motifs is 1. The Kier molecular flexibility index (Phi) is 5.02. The second kappa shape index (κ2) is 7.14. The van der Waals surface area contributed by atoms with Gasteiger partial charge >= 0.3 is 6.18 Å². The van der Waals surface area contributed by atoms with Gasteiger partial charge in [0.1, 0.15) is 0 Å². The zero-order valence-electron chi connectivity index (χ0n) is 15.4. The molecule has 1 aliphatic rings. The van der Waals surface area contributed by atoms with E-state index in [0.29, 0.717) is 23.4 Å². The fraction of sp³-hybridized carbons (Fsp3) is 0.238. The number of alkyl halides is 3. The maximum absolute atomic E-state index is 12.6. The van der Waals surface area contributed by atoms with Crippen molar-refractivity contribution in [2.24, 2.45) is 0 Å². The first-order valence-electron chi connectivity index (χ1n) is 8.65. The van der Waals surface area contributed by atoms with Crippen molar-refractivity contribution in [1.29, 1.82) is 0 Å². The van der Waals surface area contributed by atoms with E-state index < -0.39 is 17.6 Å². The van der Waals surface area contributed by atoms with Gasteiger partial charge in [-0.1, -0.05) is 32.0 Å². The van der Waals surface area contributed by atoms with Gasteiger partial charge in [-0.25, -0.2) is 0 Å². The Hall–Kier alpha value is -3.09. The summed E-state index contributed by atoms with van der Waals surface area (Å²) in [6.45, 7) is 3.96. The van der Waals surface area contributed by atoms with Crippen molar-refractivity contribution in [3.8, 4) is 0 Å². The van der Waals surface area contributed by atoms with Crippen LogP contribution in [0.5, 0.6) is 0 Å². The van der Waals surface area contributed by atoms with E-state index in [1.807, 2.05) is 19.9 Å². The van der Waals surface area contributed by atoms with Gasteiger partial charge in [-0.15, -0.1) is 0 Å². The maximum Gasteiger partial charge on any atom is 0.416 e. The summed E-state index contributed by atoms with van der Waals surface area (Å²) < 4.78 is 37.7. The van der Waals surface area contributed by atoms with Crippen LogP contribution in [-0.4, -0.2) is 11.8 Å². The number of carbonyl (C=O) groups is 2. The lowest BCUT2D eigenvalue weighted by atomic mass is 9.78. The van der Waals surface area contributed by atoms with Crippen molar-refractivity contribution in [3.05, 3.63) is 65.2 Å². The molecule has 0 saturated heterocycles. The predicted octanol–water partition coefficient (Wildman–Crippen LogP) is 4.98. The molecule has 2 amide bonds. The van der Waals surface area contributed by atoms with Crippen molar-refractivity contribution in [2.45, 2.75) is 31.9 Å². The molecule has 2 N–H and O–H groups in total. The van der Waals surface area contributed by atoms with E-state index in [0.717, 1.165) is 17.7 Å². The molecule has 2 aromatic carbocycles. The molecule has 4 nitrogen and oxygen atoms in total. The molecule has 1 aliphatic heterocycles. The highest BCUT2D eigenvalue weighted by molar-refractivity contribution is 6.03. The van der Waals surface area contributed by atoms with Crippen LogP contribution >= 0.6 is 0 Å². The number of anilines is 2. The number of carbonyl (C=O) groups excluding carboxylic acids is 2. The normalized spacial score (nSPS) is 15.8. The van der Waals surface area contributed by atoms with Crippen LogP contribution in [0.3, 0.4) is 0 Å². The molecule has 0 unspecified atom stereocenters. The van der Waals surface area contributed by atoms with Crippen molar-refractivity contribution in [2.75, 3.05) is 10.6 Å². The molecule has 1 heterocycles. The third-order valence-corrected chi connectivity index (χ3v) is 4.56. The Morgan fingerprint density at radius 2 is 1.82 bits per heavy atom. The Labute approximate surface area is 160 Å². The first-order chi connectivity index (χ1) is 13.0. The minimum absolute atomic E-state index is 0.0804. The molecule has 28 heavy (non-hydrogen) atoms. The molecular weight excluding hydrogens is 369 g/mol. The molecule has 0 bridgehead atoms. The van der Waals surface area contributed by atoms with Gasteiger partial charge in [-0.05, 0) is 41.5 Å². The summed E-state index contributed by atoms with van der Waals surface area (Å²) in [6.07, 6.45) is -1.33. The topological polar surface area (TPSA) is 58.2 Å². The van der Waals surface area contributed by atoms with Crippen LogP contribution in [-0.2, 0) is 21.2 Å². The van der Waals surface area contributed by atoms with Crippen LogP contribution in [0.4, 0.5) is 24.5 Å². The van der Waals surface area contributed by atoms with Gasteiger partial charge < -0.3 is 10.6 Å². The first-order valence-corrected chi connectivity index (χ1v) is 8.65. The monoisotopic (exact) mass is 388 g/mol. The summed E-state index contributed by atoms with van der Waals surface area (Å²) in [4.78, 5) is 23.9. The molecule has 0 spiro atoms. The van der Waals surface area contributed by atoms with E-state index in [1.54, 1.807) is 12.1 Å². The van der Waals surface area contributed by atoms with Crippen LogP contribution in [0.1, 0.15) is 37.0 Å². The molecule has 146 valence electrons. The number of hydrogen-bond acceptors (Lipinski definition) is 2. The number of rotatable bonds is 3. The van der Waals surface area contributed by atoms with E-state index in [2.05, 4.69) is 10.6 Å². The van der Waals surface area contributed by atoms with Crippen LogP contribution in [0.2, 0.25) is 0 Å². The predicted molar refractivity (Wildman–Crippen MR) is 102 cm³/mol. The van der Waals surface area contributed by atoms with Crippen molar-refractivity contribution in [3.63, 3.8) is 0 Å². The second-order valence-corrected chi connectivity index (χ2v) is 7.31. The lowest BCUT2D eigenvalue weighted by Crippen LogP contribution is -2.32. The summed E-state index contributed by atoms with van der Waals surface area (Å²) in [5, 5.41) is 5.49. The van der Waals surface area contributed by atoms with Crippen LogP contribution in [0, 0.1) is 0 Å². The van der Waals surface area contributed by atoms with Gasteiger partial charge in [0.15, 0.2) is 0 Å². The lowest BCUT2D eigenvalue weighted by molar-refractivity contribution is -0.137. The fourth-order valence-electron chi connectivity index (χ4n) is 3.15. The van der Waals surface area contributed by atoms with E-state index in [-0.39, 0.29) is 11.3 Å². The SMILES string of the molecule is CC1(C)CC(=O)Nc2cc(NC(=O)C=Cc3ccc(C(F)(F)F)cc3)ccc21. The second-order valence-electron chi connectivity index (χ2n) is 7.31. The van der Waals surface area contributed by atoms with Gasteiger partial charge in [0.25, 0.3) is 0 Å². The zero-order valence-corrected chi connectivity index (χ0v) is 15.4. The van der Waals surface area contributed by atoms with E-state index in [4.69, 9.17) is 0 Å². The number of benzene rings is 2. The maximum atomic E-state index is 12.6. The molecular formula is C21H19F3N2O2. The first kappa shape index (κ1) is 19.7. The Bertz CT molecular complexity index is 945. The number of hydrogen-bond donors (Lipinski definition) is 2. The molecule has 0 radical (unpaired) electrons. The summed E-state index contributed by atoms with van der Waals surface area (Å²) in [5.74, 6) is -0.510. The van der Waals surface area contributed by atoms with Gasteiger partial charge in [-0.3, -0.25) is 9.59 Å². The minimum Gasteiger partial charge on any atom is -0.326 e. The highest BCUT2D eigenvalue weighted by Gasteiger charge is 2.32. The summed E-state index contributed by atoms with van der Waals surface area (Å²) in [6, 6.07) is 9.83. The highest BCUT2D eigenvalue weighted by atomic mass is 19.4. The van der Waals surface area contributed by atoms with Crippen LogP contribution in [0.25, 0.3) is 6.08 Å². The standard InChI is InChI=1S/C21H19F3N2O2/c1-20(2)12-19(28)26-17-11-15(8-9-16(17)20)25-18(27)10-5-13-3-6-14(7-4-13)21(22,23)24/h3-11H,12H2,1-2H3,(H,25,27)(H,26,28). The van der Waals surface area contributed by atoms with E-state index in [1.165, 1.54) is 24.3 Å². The van der Waals surface area contributed by atoms with E-state index in [9.17, 15) is 22.8 Å². The molecule has 0 aliphatic carbocycles. The Morgan fingerprint density at radius 3 is 2.46 bits per heavy atom. The number of nitrogens with one attached hydrogen (secondary N) is 2. The number of amides is 2. The summed E-state index contributed by atoms with van der Waals surface area (Å²) >= 11 is 0. The Morgan fingerprint density at radius 1 is 1.14 bits per heavy atom. The highest BCUT2D eigenvalue weighted by Crippen LogP contribution is 2.38. The third-order valence-electron chi connectivity index (χ3n) is 4.56. The molecule has 0 fully saturated rings. The van der Waals surface area contributed by atoms with Crippen molar-refractivity contribution < 1.29 is 22.8 Å². The van der Waals surface area contributed by atoms with E-state index >= 15 is 0 Å². The average molecular weight is 388 g/mol. The fourth-order valence-corrected chi connectivity index (χ4v) is 3.15. The van der Waals surface area contributed by atoms with Gasteiger partial charge in [0.2, 0.25) is 11.8 Å². The quantitative estimate of drug-likeness (QED) is 0.729. The van der Waals surface area contributed by atoms with Crippen molar-refractivity contribution >= 4 is 29.3 Å². The third kappa shape index (κ3) is 4.42. The van der Waals surface area contributed by atoms with Gasteiger partial charge in [-0.2, -0.15) is 13.2 Å². The molecule has 0 aromatic heterocycles. The smallest absolute Gasteiger partial charge is 0.326 e. The van der Waals surface area contributed by atoms with Gasteiger partial charge in [0, 0.05) is 29.3 Å². The summed E-state index contributed by atoms with van der Waals surface area (Å²) in [5.41, 5.74) is 1.61. The molecule has 0 saturated carbocycles. The van der Waals surface area contributed by atoms with Crippen molar-refractivity contribution in [1.82, 2.24) is 0 Å². The van der Waals surface area contributed by atoms with Crippen LogP contribution < -0.4 is 10.6 Å². The van der Waals surface area contributed by atoms with Gasteiger partial charge in [0.05, 0.1) is 5.56 Å². The van der Waals surface area contributed by atoms with Crippen LogP contribution in [0.15, 0.2) is 48.5 Å². The lowest BCUT2D eigenvalue weighted by Gasteiger charge is -2.32. The zero-order chi connectivity index (χ0) is 20.5. The average Bonchev–Trinajstić information content (AvgIpc) is 2.58. The minimum atomic E-state index is -4.39.